The molecular weight excluding hydrogens is 349 g/mol. The summed E-state index contributed by atoms with van der Waals surface area (Å²) in [5.74, 6) is -0.559. The number of nitrogens with zero attached hydrogens (tertiary/aromatic N) is 1. The number of halogens is 1. The molecule has 2 heterocycles. The molecule has 1 aliphatic rings. The van der Waals surface area contributed by atoms with Crippen LogP contribution in [-0.4, -0.2) is 11.4 Å². The Kier molecular flexibility index (Phi) is 5.84. The molecule has 6 heteroatoms. The minimum absolute atomic E-state index is 0.0236. The summed E-state index contributed by atoms with van der Waals surface area (Å²) in [7, 11) is 0. The monoisotopic (exact) mass is 373 g/mol. The number of benzene rings is 1. The fraction of sp³-hybridized carbons (Fsp3) is 0.400. The van der Waals surface area contributed by atoms with Gasteiger partial charge in [-0.2, -0.15) is 5.26 Å². The summed E-state index contributed by atoms with van der Waals surface area (Å²) in [5, 5.41) is 14.7. The van der Waals surface area contributed by atoms with Crippen LogP contribution in [0, 0.1) is 17.1 Å². The molecule has 1 aliphatic heterocycles. The van der Waals surface area contributed by atoms with Crippen LogP contribution in [0.1, 0.15) is 55.4 Å². The molecule has 0 aliphatic carbocycles. The molecule has 4 nitrogen and oxygen atoms in total. The lowest BCUT2D eigenvalue weighted by atomic mass is 9.83. The van der Waals surface area contributed by atoms with Gasteiger partial charge in [-0.3, -0.25) is 4.79 Å². The van der Waals surface area contributed by atoms with Crippen LogP contribution in [0.15, 0.2) is 30.3 Å². The first-order chi connectivity index (χ1) is 12.1. The van der Waals surface area contributed by atoms with E-state index in [1.54, 1.807) is 17.4 Å². The fourth-order valence-electron chi connectivity index (χ4n) is 3.36. The molecule has 0 radical (unpaired) electrons. The summed E-state index contributed by atoms with van der Waals surface area (Å²) in [6, 6.07) is 9.39. The summed E-state index contributed by atoms with van der Waals surface area (Å²) in [6.45, 7) is 10.1. The van der Waals surface area contributed by atoms with Crippen molar-refractivity contribution >= 4 is 22.2 Å². The van der Waals surface area contributed by atoms with E-state index in [-0.39, 0.29) is 22.8 Å². The Morgan fingerprint density at radius 1 is 1.27 bits per heavy atom. The SMILES string of the molecule is CC#N.CC1(C)Cc2cc(NC(=O)c3ccc(F)cc3)sc2C(C)(C)N1. The van der Waals surface area contributed by atoms with Crippen LogP contribution in [0.25, 0.3) is 0 Å². The number of amides is 1. The summed E-state index contributed by atoms with van der Waals surface area (Å²) in [4.78, 5) is 13.5. The van der Waals surface area contributed by atoms with E-state index in [0.29, 0.717) is 5.56 Å². The predicted octanol–water partition coefficient (Wildman–Crippen LogP) is 4.83. The minimum Gasteiger partial charge on any atom is -0.314 e. The molecule has 138 valence electrons. The number of anilines is 1. The Labute approximate surface area is 158 Å². The van der Waals surface area contributed by atoms with Gasteiger partial charge in [-0.05, 0) is 70.0 Å². The van der Waals surface area contributed by atoms with Crippen LogP contribution in [0.5, 0.6) is 0 Å². The summed E-state index contributed by atoms with van der Waals surface area (Å²) >= 11 is 1.60. The van der Waals surface area contributed by atoms with Gasteiger partial charge in [-0.15, -0.1) is 11.3 Å². The third-order valence-corrected chi connectivity index (χ3v) is 5.42. The third-order valence-electron chi connectivity index (χ3n) is 4.00. The smallest absolute Gasteiger partial charge is 0.256 e. The van der Waals surface area contributed by atoms with Crippen molar-refractivity contribution in [2.24, 2.45) is 0 Å². The topological polar surface area (TPSA) is 64.9 Å². The fourth-order valence-corrected chi connectivity index (χ4v) is 4.49. The van der Waals surface area contributed by atoms with E-state index in [4.69, 9.17) is 5.26 Å². The molecule has 26 heavy (non-hydrogen) atoms. The van der Waals surface area contributed by atoms with E-state index in [0.717, 1.165) is 11.4 Å². The summed E-state index contributed by atoms with van der Waals surface area (Å²) < 4.78 is 13.0. The number of hydrogen-bond acceptors (Lipinski definition) is 4. The highest BCUT2D eigenvalue weighted by Gasteiger charge is 2.38. The number of nitrogens with one attached hydrogen (secondary N) is 2. The first-order valence-electron chi connectivity index (χ1n) is 8.38. The zero-order valence-electron chi connectivity index (χ0n) is 15.7. The molecule has 0 bridgehead atoms. The molecular formula is C20H24FN3OS. The zero-order chi connectivity index (χ0) is 19.5. The standard InChI is InChI=1S/C18H21FN2OS.C2H3N/c1-17(2)10-12-9-14(23-15(12)18(3,4)21-17)20-16(22)11-5-7-13(19)8-6-11;1-2-3/h5-9,21H,10H2,1-4H3,(H,20,22);1H3. The van der Waals surface area contributed by atoms with Crippen molar-refractivity contribution in [2.45, 2.75) is 52.1 Å². The minimum atomic E-state index is -0.344. The highest BCUT2D eigenvalue weighted by Crippen LogP contribution is 2.41. The van der Waals surface area contributed by atoms with Crippen molar-refractivity contribution in [3.63, 3.8) is 0 Å². The molecule has 2 N–H and O–H groups in total. The molecule has 0 spiro atoms. The van der Waals surface area contributed by atoms with Crippen molar-refractivity contribution < 1.29 is 9.18 Å². The zero-order valence-corrected chi connectivity index (χ0v) is 16.6. The van der Waals surface area contributed by atoms with Crippen LogP contribution < -0.4 is 10.6 Å². The van der Waals surface area contributed by atoms with Gasteiger partial charge < -0.3 is 10.6 Å². The number of nitriles is 1. The number of rotatable bonds is 2. The molecule has 0 unspecified atom stereocenters. The Balaban J connectivity index is 0.000000758. The molecule has 0 saturated heterocycles. The van der Waals surface area contributed by atoms with Gasteiger partial charge in [0.25, 0.3) is 5.91 Å². The van der Waals surface area contributed by atoms with E-state index in [1.165, 1.54) is 41.6 Å². The van der Waals surface area contributed by atoms with Crippen molar-refractivity contribution in [2.75, 3.05) is 5.32 Å². The highest BCUT2D eigenvalue weighted by molar-refractivity contribution is 7.16. The van der Waals surface area contributed by atoms with E-state index < -0.39 is 0 Å². The number of fused-ring (bicyclic) bond motifs is 1. The highest BCUT2D eigenvalue weighted by atomic mass is 32.1. The first kappa shape index (κ1) is 20.1. The van der Waals surface area contributed by atoms with Gasteiger partial charge in [0.2, 0.25) is 0 Å². The van der Waals surface area contributed by atoms with Gasteiger partial charge in [0, 0.05) is 28.4 Å². The van der Waals surface area contributed by atoms with Crippen molar-refractivity contribution in [1.82, 2.24) is 5.32 Å². The van der Waals surface area contributed by atoms with E-state index in [1.807, 2.05) is 0 Å². The van der Waals surface area contributed by atoms with E-state index >= 15 is 0 Å². The molecule has 1 aromatic heterocycles. The van der Waals surface area contributed by atoms with Gasteiger partial charge in [0.05, 0.1) is 11.1 Å². The molecule has 1 amide bonds. The molecule has 2 aromatic rings. The quantitative estimate of drug-likeness (QED) is 0.792. The van der Waals surface area contributed by atoms with Crippen LogP contribution >= 0.6 is 11.3 Å². The summed E-state index contributed by atoms with van der Waals surface area (Å²) in [6.07, 6.45) is 0.925. The van der Waals surface area contributed by atoms with Gasteiger partial charge in [-0.25, -0.2) is 4.39 Å². The third kappa shape index (κ3) is 4.69. The maximum Gasteiger partial charge on any atom is 0.256 e. The number of carbonyl (C=O) groups excluding carboxylic acids is 1. The van der Waals surface area contributed by atoms with Gasteiger partial charge in [0.15, 0.2) is 0 Å². The van der Waals surface area contributed by atoms with E-state index in [9.17, 15) is 9.18 Å². The second-order valence-corrected chi connectivity index (χ2v) is 8.51. The first-order valence-corrected chi connectivity index (χ1v) is 9.20. The van der Waals surface area contributed by atoms with Crippen molar-refractivity contribution in [1.29, 1.82) is 5.26 Å². The van der Waals surface area contributed by atoms with Crippen molar-refractivity contribution in [3.8, 4) is 6.07 Å². The Morgan fingerprint density at radius 3 is 2.42 bits per heavy atom. The lowest BCUT2D eigenvalue weighted by molar-refractivity contribution is 0.102. The normalized spacial score (nSPS) is 16.5. The maximum absolute atomic E-state index is 13.0. The Morgan fingerprint density at radius 2 is 1.85 bits per heavy atom. The number of carbonyl (C=O) groups is 1. The van der Waals surface area contributed by atoms with Crippen LogP contribution in [-0.2, 0) is 12.0 Å². The number of hydrogen-bond donors (Lipinski definition) is 2. The predicted molar refractivity (Wildman–Crippen MR) is 104 cm³/mol. The van der Waals surface area contributed by atoms with E-state index in [2.05, 4.69) is 44.4 Å². The number of thiophene rings is 1. The summed E-state index contributed by atoms with van der Waals surface area (Å²) in [5.41, 5.74) is 1.63. The molecule has 3 rings (SSSR count). The molecule has 0 atom stereocenters. The second kappa shape index (κ2) is 7.56. The lowest BCUT2D eigenvalue weighted by Crippen LogP contribution is -2.54. The Bertz CT molecular complexity index is 832. The maximum atomic E-state index is 13.0. The largest absolute Gasteiger partial charge is 0.314 e. The van der Waals surface area contributed by atoms with Gasteiger partial charge in [0.1, 0.15) is 5.82 Å². The lowest BCUT2D eigenvalue weighted by Gasteiger charge is -2.42. The van der Waals surface area contributed by atoms with Gasteiger partial charge >= 0.3 is 0 Å². The average Bonchev–Trinajstić information content (AvgIpc) is 2.89. The van der Waals surface area contributed by atoms with Crippen LogP contribution in [0.2, 0.25) is 0 Å². The Hall–Kier alpha value is -2.23. The average molecular weight is 373 g/mol. The molecule has 0 saturated carbocycles. The van der Waals surface area contributed by atoms with Gasteiger partial charge in [-0.1, -0.05) is 0 Å². The van der Waals surface area contributed by atoms with Crippen LogP contribution in [0.3, 0.4) is 0 Å². The second-order valence-electron chi connectivity index (χ2n) is 7.46. The van der Waals surface area contributed by atoms with Crippen molar-refractivity contribution in [3.05, 3.63) is 52.2 Å². The van der Waals surface area contributed by atoms with Crippen LogP contribution in [0.4, 0.5) is 9.39 Å². The molecule has 1 aromatic carbocycles. The molecule has 0 fully saturated rings.